The molecule has 0 saturated carbocycles. The average molecular weight is 564 g/mol. The summed E-state index contributed by atoms with van der Waals surface area (Å²) in [5, 5.41) is 3.36. The molecule has 0 aliphatic carbocycles. The molecule has 2 aromatic carbocycles. The second-order valence-corrected chi connectivity index (χ2v) is 11.4. The summed E-state index contributed by atoms with van der Waals surface area (Å²) in [6.07, 6.45) is 1.08. The number of sulfonamides is 1. The molecule has 0 bridgehead atoms. The molecule has 0 spiro atoms. The number of carbonyl (C=O) groups excluding carboxylic acids is 2. The molecule has 1 atom stereocenters. The molecular weight excluding hydrogens is 535 g/mol. The fraction of sp³-hybridized carbons (Fsp3) is 0.417. The fourth-order valence-corrected chi connectivity index (χ4v) is 4.59. The third-order valence-corrected chi connectivity index (χ3v) is 7.16. The van der Waals surface area contributed by atoms with Gasteiger partial charge in [0.25, 0.3) is 0 Å². The van der Waals surface area contributed by atoms with Crippen LogP contribution in [0.2, 0.25) is 10.0 Å². The van der Waals surface area contributed by atoms with Crippen LogP contribution in [0.5, 0.6) is 0 Å². The molecule has 2 rings (SSSR count). The van der Waals surface area contributed by atoms with Gasteiger partial charge in [-0.25, -0.2) is 17.2 Å². The van der Waals surface area contributed by atoms with Crippen LogP contribution in [0.3, 0.4) is 0 Å². The maximum Gasteiger partial charge on any atom is 0.244 e. The number of amides is 2. The molecule has 0 aromatic heterocycles. The van der Waals surface area contributed by atoms with Crippen molar-refractivity contribution in [3.63, 3.8) is 0 Å². The minimum atomic E-state index is -4.08. The van der Waals surface area contributed by atoms with Crippen molar-refractivity contribution < 1.29 is 26.8 Å². The van der Waals surface area contributed by atoms with E-state index in [1.54, 1.807) is 25.1 Å². The van der Waals surface area contributed by atoms with Crippen molar-refractivity contribution in [2.75, 3.05) is 23.7 Å². The van der Waals surface area contributed by atoms with Crippen LogP contribution in [0.25, 0.3) is 0 Å². The van der Waals surface area contributed by atoms with E-state index in [0.29, 0.717) is 27.5 Å². The number of hydrogen-bond acceptors (Lipinski definition) is 4. The standard InChI is InChI=1S/C24H29Cl2F2N3O4S/c1-5-22(24(33)29-12-15(2)3)30(13-16-6-8-18(25)19(26)10-16)23(32)14-31(36(4,34)35)17-7-9-20(27)21(28)11-17/h6-11,15,22H,5,12-14H2,1-4H3,(H,29,33)/t22-/m1/s1. The Hall–Kier alpha value is -2.43. The van der Waals surface area contributed by atoms with Gasteiger partial charge >= 0.3 is 0 Å². The molecule has 0 fully saturated rings. The molecule has 0 radical (unpaired) electrons. The lowest BCUT2D eigenvalue weighted by atomic mass is 10.1. The molecule has 198 valence electrons. The van der Waals surface area contributed by atoms with E-state index in [0.717, 1.165) is 18.4 Å². The number of anilines is 1. The summed E-state index contributed by atoms with van der Waals surface area (Å²) >= 11 is 12.1. The number of nitrogens with zero attached hydrogens (tertiary/aromatic N) is 2. The summed E-state index contributed by atoms with van der Waals surface area (Å²) in [7, 11) is -4.08. The summed E-state index contributed by atoms with van der Waals surface area (Å²) in [4.78, 5) is 27.8. The van der Waals surface area contributed by atoms with Crippen LogP contribution in [0.15, 0.2) is 36.4 Å². The molecule has 2 aromatic rings. The monoisotopic (exact) mass is 563 g/mol. The molecule has 12 heteroatoms. The van der Waals surface area contributed by atoms with Crippen molar-refractivity contribution in [2.24, 2.45) is 5.92 Å². The highest BCUT2D eigenvalue weighted by atomic mass is 35.5. The van der Waals surface area contributed by atoms with Gasteiger partial charge in [0.15, 0.2) is 11.6 Å². The first-order valence-electron chi connectivity index (χ1n) is 11.2. The third-order valence-electron chi connectivity index (χ3n) is 5.28. The second-order valence-electron chi connectivity index (χ2n) is 8.70. The van der Waals surface area contributed by atoms with E-state index in [9.17, 15) is 26.8 Å². The van der Waals surface area contributed by atoms with Crippen LogP contribution < -0.4 is 9.62 Å². The Morgan fingerprint density at radius 2 is 1.69 bits per heavy atom. The van der Waals surface area contributed by atoms with Gasteiger partial charge in [-0.15, -0.1) is 0 Å². The second kappa shape index (κ2) is 12.7. The topological polar surface area (TPSA) is 86.8 Å². The van der Waals surface area contributed by atoms with Crippen molar-refractivity contribution in [1.82, 2.24) is 10.2 Å². The lowest BCUT2D eigenvalue weighted by Crippen LogP contribution is -2.52. The first-order chi connectivity index (χ1) is 16.7. The molecular formula is C24H29Cl2F2N3O4S. The van der Waals surface area contributed by atoms with E-state index in [1.807, 2.05) is 13.8 Å². The predicted octanol–water partition coefficient (Wildman–Crippen LogP) is 4.62. The van der Waals surface area contributed by atoms with E-state index in [1.165, 1.54) is 4.90 Å². The third kappa shape index (κ3) is 8.04. The number of benzene rings is 2. The van der Waals surface area contributed by atoms with Gasteiger partial charge in [0, 0.05) is 19.2 Å². The van der Waals surface area contributed by atoms with Gasteiger partial charge in [0.1, 0.15) is 12.6 Å². The van der Waals surface area contributed by atoms with Crippen LogP contribution in [0.1, 0.15) is 32.8 Å². The lowest BCUT2D eigenvalue weighted by Gasteiger charge is -2.33. The van der Waals surface area contributed by atoms with E-state index in [4.69, 9.17) is 23.2 Å². The van der Waals surface area contributed by atoms with Gasteiger partial charge in [-0.3, -0.25) is 13.9 Å². The fourth-order valence-electron chi connectivity index (χ4n) is 3.43. The molecule has 7 nitrogen and oxygen atoms in total. The van der Waals surface area contributed by atoms with Gasteiger partial charge in [-0.1, -0.05) is 50.0 Å². The molecule has 0 aliphatic heterocycles. The van der Waals surface area contributed by atoms with Crippen molar-refractivity contribution in [3.8, 4) is 0 Å². The Bertz CT molecular complexity index is 1210. The van der Waals surface area contributed by atoms with E-state index in [-0.39, 0.29) is 29.6 Å². The Balaban J connectivity index is 2.46. The first kappa shape index (κ1) is 29.8. The molecule has 0 aliphatic rings. The van der Waals surface area contributed by atoms with E-state index < -0.39 is 46.1 Å². The highest BCUT2D eigenvalue weighted by molar-refractivity contribution is 7.92. The molecule has 36 heavy (non-hydrogen) atoms. The first-order valence-corrected chi connectivity index (χ1v) is 13.8. The maximum atomic E-state index is 13.9. The molecule has 0 saturated heterocycles. The van der Waals surface area contributed by atoms with Gasteiger partial charge < -0.3 is 10.2 Å². The SMILES string of the molecule is CC[C@H](C(=O)NCC(C)C)N(Cc1ccc(Cl)c(Cl)c1)C(=O)CN(c1ccc(F)c(F)c1)S(C)(=O)=O. The van der Waals surface area contributed by atoms with Crippen molar-refractivity contribution in [2.45, 2.75) is 39.8 Å². The van der Waals surface area contributed by atoms with Crippen LogP contribution in [0.4, 0.5) is 14.5 Å². The molecule has 0 heterocycles. The van der Waals surface area contributed by atoms with Gasteiger partial charge in [0.2, 0.25) is 21.8 Å². The summed E-state index contributed by atoms with van der Waals surface area (Å²) in [5.74, 6) is -3.38. The number of rotatable bonds is 11. The molecule has 2 amide bonds. The molecule has 1 N–H and O–H groups in total. The predicted molar refractivity (Wildman–Crippen MR) is 137 cm³/mol. The zero-order valence-corrected chi connectivity index (χ0v) is 22.7. The van der Waals surface area contributed by atoms with E-state index in [2.05, 4.69) is 5.32 Å². The Kier molecular flexibility index (Phi) is 10.5. The number of halogens is 4. The summed E-state index contributed by atoms with van der Waals surface area (Å²) in [6, 6.07) is 6.32. The number of carbonyl (C=O) groups is 2. The summed E-state index contributed by atoms with van der Waals surface area (Å²) in [5.41, 5.74) is 0.336. The normalized spacial score (nSPS) is 12.4. The zero-order chi connectivity index (χ0) is 27.2. The summed E-state index contributed by atoms with van der Waals surface area (Å²) < 4.78 is 53.0. The largest absolute Gasteiger partial charge is 0.354 e. The minimum absolute atomic E-state index is 0.0707. The summed E-state index contributed by atoms with van der Waals surface area (Å²) in [6.45, 7) is 5.14. The average Bonchev–Trinajstić information content (AvgIpc) is 2.79. The van der Waals surface area contributed by atoms with Gasteiger partial charge in [-0.2, -0.15) is 0 Å². The van der Waals surface area contributed by atoms with Crippen LogP contribution in [-0.2, 0) is 26.2 Å². The lowest BCUT2D eigenvalue weighted by molar-refractivity contribution is -0.140. The van der Waals surface area contributed by atoms with Crippen molar-refractivity contribution >= 4 is 50.7 Å². The van der Waals surface area contributed by atoms with Crippen LogP contribution >= 0.6 is 23.2 Å². The highest BCUT2D eigenvalue weighted by Gasteiger charge is 2.32. The highest BCUT2D eigenvalue weighted by Crippen LogP contribution is 2.25. The minimum Gasteiger partial charge on any atom is -0.354 e. The Morgan fingerprint density at radius 3 is 2.22 bits per heavy atom. The van der Waals surface area contributed by atoms with Crippen LogP contribution in [0, 0.1) is 17.6 Å². The Morgan fingerprint density at radius 1 is 1.03 bits per heavy atom. The van der Waals surface area contributed by atoms with Crippen molar-refractivity contribution in [3.05, 3.63) is 63.6 Å². The zero-order valence-electron chi connectivity index (χ0n) is 20.4. The van der Waals surface area contributed by atoms with Gasteiger partial charge in [-0.05, 0) is 42.2 Å². The van der Waals surface area contributed by atoms with E-state index >= 15 is 0 Å². The smallest absolute Gasteiger partial charge is 0.244 e. The number of nitrogens with one attached hydrogen (secondary N) is 1. The maximum absolute atomic E-state index is 13.9. The van der Waals surface area contributed by atoms with Gasteiger partial charge in [0.05, 0.1) is 22.0 Å². The number of hydrogen-bond donors (Lipinski definition) is 1. The quantitative estimate of drug-likeness (QED) is 0.432. The Labute approximate surface area is 220 Å². The van der Waals surface area contributed by atoms with Crippen LogP contribution in [-0.4, -0.2) is 50.5 Å². The van der Waals surface area contributed by atoms with Crippen molar-refractivity contribution in [1.29, 1.82) is 0 Å². The molecule has 0 unspecified atom stereocenters.